The van der Waals surface area contributed by atoms with E-state index in [1.165, 1.54) is 36.1 Å². The van der Waals surface area contributed by atoms with Gasteiger partial charge in [0.05, 0.1) is 12.0 Å². The molecule has 1 aliphatic heterocycles. The Morgan fingerprint density at radius 3 is 2.61 bits per heavy atom. The van der Waals surface area contributed by atoms with Crippen molar-refractivity contribution in [3.05, 3.63) is 77.6 Å². The number of ketones is 1. The molecule has 4 nitrogen and oxygen atoms in total. The van der Waals surface area contributed by atoms with Crippen LogP contribution >= 0.6 is 0 Å². The molecule has 0 N–H and O–H groups in total. The van der Waals surface area contributed by atoms with Gasteiger partial charge >= 0.3 is 0 Å². The van der Waals surface area contributed by atoms with E-state index in [1.807, 2.05) is 25.1 Å². The largest absolute Gasteiger partial charge is 0.493 e. The molecule has 0 amide bonds. The van der Waals surface area contributed by atoms with Gasteiger partial charge in [0, 0.05) is 19.0 Å². The van der Waals surface area contributed by atoms with Crippen molar-refractivity contribution in [2.75, 3.05) is 26.2 Å². The molecular weight excluding hydrogens is 410 g/mol. The summed E-state index contributed by atoms with van der Waals surface area (Å²) in [5.74, 6) is 1.83. The van der Waals surface area contributed by atoms with Crippen molar-refractivity contribution in [2.45, 2.75) is 39.0 Å². The number of likely N-dealkylation sites (tertiary alicyclic amines) is 1. The second-order valence-corrected chi connectivity index (χ2v) is 9.17. The number of benzene rings is 3. The fraction of sp³-hybridized carbons (Fsp3) is 0.345. The highest BCUT2D eigenvalue weighted by atomic mass is 16.5. The van der Waals surface area contributed by atoms with Gasteiger partial charge in [-0.05, 0) is 73.7 Å². The number of carbonyl (C=O) groups excluding carboxylic acids is 1. The number of ether oxygens (including phenoxy) is 1. The lowest BCUT2D eigenvalue weighted by Gasteiger charge is -2.32. The third-order valence-electron chi connectivity index (χ3n) is 6.94. The Labute approximate surface area is 195 Å². The second-order valence-electron chi connectivity index (χ2n) is 9.17. The first-order valence-corrected chi connectivity index (χ1v) is 12.0. The molecule has 0 unspecified atom stereocenters. The van der Waals surface area contributed by atoms with Crippen LogP contribution in [-0.2, 0) is 0 Å². The van der Waals surface area contributed by atoms with Crippen LogP contribution in [0.5, 0.6) is 5.75 Å². The van der Waals surface area contributed by atoms with Crippen LogP contribution in [-0.4, -0.2) is 36.9 Å². The number of nitrogens with zero attached hydrogens (tertiary/aromatic N) is 1. The third kappa shape index (κ3) is 4.53. The zero-order chi connectivity index (χ0) is 22.8. The number of aryl methyl sites for hydroxylation is 1. The lowest BCUT2D eigenvalue weighted by molar-refractivity contribution is 0.0988. The smallest absolute Gasteiger partial charge is 0.195 e. The zero-order valence-corrected chi connectivity index (χ0v) is 19.5. The molecule has 4 aromatic rings. The number of fused-ring (bicyclic) bond motifs is 2. The highest BCUT2D eigenvalue weighted by Gasteiger charge is 2.21. The van der Waals surface area contributed by atoms with Crippen molar-refractivity contribution in [3.8, 4) is 5.75 Å². The van der Waals surface area contributed by atoms with Crippen molar-refractivity contribution in [3.63, 3.8) is 0 Å². The molecule has 170 valence electrons. The molecule has 3 aromatic carbocycles. The van der Waals surface area contributed by atoms with E-state index in [9.17, 15) is 4.79 Å². The van der Waals surface area contributed by atoms with Crippen molar-refractivity contribution < 1.29 is 13.9 Å². The summed E-state index contributed by atoms with van der Waals surface area (Å²) in [4.78, 5) is 14.4. The predicted octanol–water partition coefficient (Wildman–Crippen LogP) is 6.75. The summed E-state index contributed by atoms with van der Waals surface area (Å²) in [6.07, 6.45) is 3.40. The fourth-order valence-electron chi connectivity index (χ4n) is 5.14. The monoisotopic (exact) mass is 441 g/mol. The van der Waals surface area contributed by atoms with Crippen molar-refractivity contribution in [1.82, 2.24) is 4.90 Å². The summed E-state index contributed by atoms with van der Waals surface area (Å²) in [7, 11) is 0. The third-order valence-corrected chi connectivity index (χ3v) is 6.94. The molecule has 4 heteroatoms. The Hall–Kier alpha value is -3.11. The number of Topliss-reactive ketones (excluding diaryl/α,β-unsaturated/α-hetero) is 1. The molecule has 0 atom stereocenters. The van der Waals surface area contributed by atoms with E-state index in [0.717, 1.165) is 42.8 Å². The van der Waals surface area contributed by atoms with E-state index in [-0.39, 0.29) is 5.78 Å². The summed E-state index contributed by atoms with van der Waals surface area (Å²) in [5, 5.41) is 3.57. The van der Waals surface area contributed by atoms with Crippen molar-refractivity contribution in [1.29, 1.82) is 0 Å². The predicted molar refractivity (Wildman–Crippen MR) is 133 cm³/mol. The summed E-state index contributed by atoms with van der Waals surface area (Å²) < 4.78 is 11.9. The van der Waals surface area contributed by atoms with Crippen LogP contribution in [0.1, 0.15) is 53.8 Å². The van der Waals surface area contributed by atoms with Gasteiger partial charge in [-0.1, -0.05) is 48.5 Å². The molecule has 0 spiro atoms. The van der Waals surface area contributed by atoms with Crippen LogP contribution in [0.15, 0.2) is 65.1 Å². The fourth-order valence-corrected chi connectivity index (χ4v) is 5.14. The molecule has 2 heterocycles. The highest BCUT2D eigenvalue weighted by molar-refractivity contribution is 6.00. The molecule has 1 aliphatic rings. The van der Waals surface area contributed by atoms with E-state index in [2.05, 4.69) is 47.4 Å². The van der Waals surface area contributed by atoms with Crippen LogP contribution in [0.4, 0.5) is 0 Å². The van der Waals surface area contributed by atoms with Gasteiger partial charge in [0.25, 0.3) is 0 Å². The molecule has 0 radical (unpaired) electrons. The number of piperidine rings is 1. The number of rotatable bonds is 7. The van der Waals surface area contributed by atoms with Gasteiger partial charge in [-0.15, -0.1) is 0 Å². The number of hydrogen-bond acceptors (Lipinski definition) is 4. The number of carbonyl (C=O) groups is 1. The van der Waals surface area contributed by atoms with Crippen molar-refractivity contribution >= 4 is 27.5 Å². The van der Waals surface area contributed by atoms with Gasteiger partial charge in [-0.25, -0.2) is 0 Å². The summed E-state index contributed by atoms with van der Waals surface area (Å²) in [5.41, 5.74) is 3.06. The normalized spacial score (nSPS) is 15.3. The van der Waals surface area contributed by atoms with Gasteiger partial charge in [0.15, 0.2) is 11.5 Å². The SMILES string of the molecule is CC(=O)c1oc2cccc(OCCCN3CCC(c4ccc5ccccc5c4)CC3)c2c1C. The first-order valence-electron chi connectivity index (χ1n) is 12.0. The molecule has 0 saturated carbocycles. The first-order chi connectivity index (χ1) is 16.1. The summed E-state index contributed by atoms with van der Waals surface area (Å²) >= 11 is 0. The molecule has 0 bridgehead atoms. The number of hydrogen-bond donors (Lipinski definition) is 0. The lowest BCUT2D eigenvalue weighted by atomic mass is 9.88. The summed E-state index contributed by atoms with van der Waals surface area (Å²) in [6, 6.07) is 21.3. The van der Waals surface area contributed by atoms with E-state index in [1.54, 1.807) is 0 Å². The molecular formula is C29H31NO3. The molecule has 33 heavy (non-hydrogen) atoms. The number of furan rings is 1. The molecule has 0 aliphatic carbocycles. The van der Waals surface area contributed by atoms with Crippen LogP contribution in [0, 0.1) is 6.92 Å². The van der Waals surface area contributed by atoms with Gasteiger partial charge < -0.3 is 14.1 Å². The van der Waals surface area contributed by atoms with Crippen LogP contribution < -0.4 is 4.74 Å². The summed E-state index contributed by atoms with van der Waals surface area (Å²) in [6.45, 7) is 7.43. The molecule has 1 fully saturated rings. The van der Waals surface area contributed by atoms with Gasteiger partial charge in [0.2, 0.25) is 0 Å². The van der Waals surface area contributed by atoms with Gasteiger partial charge in [0.1, 0.15) is 11.3 Å². The van der Waals surface area contributed by atoms with E-state index in [0.29, 0.717) is 23.9 Å². The molecule has 1 aromatic heterocycles. The van der Waals surface area contributed by atoms with Gasteiger partial charge in [-0.2, -0.15) is 0 Å². The van der Waals surface area contributed by atoms with Crippen LogP contribution in [0.2, 0.25) is 0 Å². The standard InChI is InChI=1S/C29H31NO3/c1-20-28-26(9-5-10-27(28)33-29(20)21(2)31)32-18-6-15-30-16-13-23(14-17-30)25-12-11-22-7-3-4-8-24(22)19-25/h3-5,7-12,19,23H,6,13-18H2,1-2H3. The minimum Gasteiger partial charge on any atom is -0.493 e. The quantitative estimate of drug-likeness (QED) is 0.235. The van der Waals surface area contributed by atoms with E-state index < -0.39 is 0 Å². The van der Waals surface area contributed by atoms with E-state index in [4.69, 9.17) is 9.15 Å². The Balaban J connectivity index is 1.13. The maximum atomic E-state index is 11.8. The Morgan fingerprint density at radius 2 is 1.82 bits per heavy atom. The lowest BCUT2D eigenvalue weighted by Crippen LogP contribution is -2.34. The van der Waals surface area contributed by atoms with Crippen molar-refractivity contribution in [2.24, 2.45) is 0 Å². The van der Waals surface area contributed by atoms with Crippen LogP contribution in [0.25, 0.3) is 21.7 Å². The molecule has 1 saturated heterocycles. The maximum Gasteiger partial charge on any atom is 0.195 e. The second kappa shape index (κ2) is 9.40. The Kier molecular flexibility index (Phi) is 6.19. The topological polar surface area (TPSA) is 42.7 Å². The average Bonchev–Trinajstić information content (AvgIpc) is 3.19. The average molecular weight is 442 g/mol. The Bertz CT molecular complexity index is 1280. The minimum absolute atomic E-state index is 0.0539. The Morgan fingerprint density at radius 1 is 1.03 bits per heavy atom. The van der Waals surface area contributed by atoms with Gasteiger partial charge in [-0.3, -0.25) is 4.79 Å². The molecule has 5 rings (SSSR count). The van der Waals surface area contributed by atoms with Crippen LogP contribution in [0.3, 0.4) is 0 Å². The zero-order valence-electron chi connectivity index (χ0n) is 19.5. The minimum atomic E-state index is -0.0539. The first kappa shape index (κ1) is 21.7. The highest BCUT2D eigenvalue weighted by Crippen LogP contribution is 2.34. The maximum absolute atomic E-state index is 11.8. The van der Waals surface area contributed by atoms with E-state index >= 15 is 0 Å².